The zero-order valence-electron chi connectivity index (χ0n) is 50.0. The molecule has 12 heterocycles. The maximum absolute atomic E-state index is 13.4. The zero-order valence-corrected chi connectivity index (χ0v) is 53.4. The normalized spacial score (nSPS) is 11.4. The van der Waals surface area contributed by atoms with Gasteiger partial charge in [-0.25, -0.2) is 84.6 Å². The topological polar surface area (TPSA) is 368 Å². The Morgan fingerprint density at radius 3 is 1.34 bits per heavy atom. The largest absolute Gasteiger partial charge is 0.368 e. The fraction of sp³-hybridized carbons (Fsp3) is 0.0769. The van der Waals surface area contributed by atoms with Crippen LogP contribution in [0.15, 0.2) is 193 Å². The van der Waals surface area contributed by atoms with Gasteiger partial charge in [-0.15, -0.1) is 12.0 Å². The Bertz CT molecular complexity index is 5470. The standard InChI is InChI=1S/C22H21N5O2SSi.C17H12ClN5O2S.C13H13N5.C13H9N5/c1-31(2,3)14-11-16-9-12-24-21-20(16)18(19-10-13-25-22(23)26-19)15-27(21)30(28,29)17-7-5-4-6-8-17;18-13-6-8-20-16-15(13)12(14-7-9-21-17(19)22-14)10-23(16)26(24,25)11-4-2-1-3-5-11;2*1-2-8-3-5-15-12-11(8)9(7-17-12)10-4-6-16-13(14)18-10/h4-10,12-13,15H,1-3H3,(H2,23,25,26);1-10H,(H2,19,21,22);3-7H,2H2,1H3,(H,15,17)(H2,14,16,18);1,3-7H,(H,15,17)(H2,14,16,18). The van der Waals surface area contributed by atoms with Gasteiger partial charge in [-0.05, 0) is 84.8 Å². The highest BCUT2D eigenvalue weighted by Gasteiger charge is 2.27. The molecule has 93 heavy (non-hydrogen) atoms. The number of rotatable bonds is 9. The lowest BCUT2D eigenvalue weighted by molar-refractivity contribution is 0.587. The van der Waals surface area contributed by atoms with Crippen molar-refractivity contribution in [2.75, 3.05) is 22.9 Å². The van der Waals surface area contributed by atoms with Gasteiger partial charge in [-0.2, -0.15) is 0 Å². The maximum atomic E-state index is 13.4. The number of halogens is 1. The second kappa shape index (κ2) is 26.4. The number of H-pyrrole nitrogens is 2. The van der Waals surface area contributed by atoms with Gasteiger partial charge in [0.15, 0.2) is 11.3 Å². The van der Waals surface area contributed by atoms with E-state index >= 15 is 0 Å². The van der Waals surface area contributed by atoms with Gasteiger partial charge in [0.2, 0.25) is 23.8 Å². The Kier molecular flexibility index (Phi) is 17.8. The van der Waals surface area contributed by atoms with Crippen LogP contribution in [0.5, 0.6) is 0 Å². The molecule has 462 valence electrons. The first-order valence-electron chi connectivity index (χ1n) is 28.3. The van der Waals surface area contributed by atoms with E-state index in [-0.39, 0.29) is 39.2 Å². The molecule has 24 nitrogen and oxygen atoms in total. The Hall–Kier alpha value is -11.8. The highest BCUT2D eigenvalue weighted by molar-refractivity contribution is 7.90. The summed E-state index contributed by atoms with van der Waals surface area (Å²) >= 11 is 6.34. The molecule has 0 atom stereocenters. The quantitative estimate of drug-likeness (QED) is 0.0577. The summed E-state index contributed by atoms with van der Waals surface area (Å²) in [4.78, 5) is 56.3. The third-order valence-corrected chi connectivity index (χ3v) is 18.5. The van der Waals surface area contributed by atoms with Gasteiger partial charge in [-0.3, -0.25) is 0 Å². The minimum Gasteiger partial charge on any atom is -0.368 e. The van der Waals surface area contributed by atoms with Gasteiger partial charge in [0.1, 0.15) is 19.4 Å². The molecule has 2 aromatic carbocycles. The van der Waals surface area contributed by atoms with E-state index in [1.807, 2.05) is 30.7 Å². The molecule has 0 aliphatic rings. The van der Waals surface area contributed by atoms with Gasteiger partial charge in [0.05, 0.1) is 37.6 Å². The average molecular weight is 1310 g/mol. The van der Waals surface area contributed by atoms with Crippen molar-refractivity contribution < 1.29 is 16.8 Å². The second-order valence-corrected chi connectivity index (χ2v) is 30.0. The molecule has 0 amide bonds. The van der Waals surface area contributed by atoms with Gasteiger partial charge >= 0.3 is 0 Å². The van der Waals surface area contributed by atoms with Gasteiger partial charge in [-0.1, -0.05) is 86.4 Å². The highest BCUT2D eigenvalue weighted by Crippen LogP contribution is 2.37. The molecule has 28 heteroatoms. The third-order valence-electron chi connectivity index (χ3n) is 14.0. The molecule has 0 aliphatic heterocycles. The van der Waals surface area contributed by atoms with Crippen LogP contribution in [-0.4, -0.2) is 103 Å². The summed E-state index contributed by atoms with van der Waals surface area (Å²) in [5, 5.41) is 3.44. The number of fused-ring (bicyclic) bond motifs is 4. The van der Waals surface area contributed by atoms with Crippen molar-refractivity contribution in [1.82, 2.24) is 77.7 Å². The molecule has 0 saturated carbocycles. The molecule has 14 rings (SSSR count). The molecule has 0 radical (unpaired) electrons. The van der Waals surface area contributed by atoms with Crippen LogP contribution in [0.2, 0.25) is 24.7 Å². The van der Waals surface area contributed by atoms with Crippen LogP contribution < -0.4 is 22.9 Å². The Balaban J connectivity index is 0.000000130. The minimum atomic E-state index is -3.88. The van der Waals surface area contributed by atoms with Crippen LogP contribution in [0.4, 0.5) is 23.8 Å². The molecule has 0 spiro atoms. The van der Waals surface area contributed by atoms with E-state index in [1.165, 1.54) is 52.7 Å². The van der Waals surface area contributed by atoms with Crippen LogP contribution >= 0.6 is 11.6 Å². The Morgan fingerprint density at radius 2 is 0.882 bits per heavy atom. The lowest BCUT2D eigenvalue weighted by Crippen LogP contribution is -2.16. The zero-order chi connectivity index (χ0) is 65.6. The van der Waals surface area contributed by atoms with Gasteiger partial charge in [0, 0.05) is 129 Å². The van der Waals surface area contributed by atoms with E-state index < -0.39 is 28.1 Å². The number of hydrogen-bond acceptors (Lipinski definition) is 20. The van der Waals surface area contributed by atoms with Crippen LogP contribution in [-0.2, 0) is 26.5 Å². The Labute approximate surface area is 538 Å². The Morgan fingerprint density at radius 1 is 0.484 bits per heavy atom. The van der Waals surface area contributed by atoms with Crippen molar-refractivity contribution in [3.63, 3.8) is 0 Å². The lowest BCUT2D eigenvalue weighted by Gasteiger charge is -2.07. The summed E-state index contributed by atoms with van der Waals surface area (Å²) in [7, 11) is -9.41. The minimum absolute atomic E-state index is 0.0781. The maximum Gasteiger partial charge on any atom is 0.269 e. The van der Waals surface area contributed by atoms with Crippen LogP contribution in [0.1, 0.15) is 23.6 Å². The highest BCUT2D eigenvalue weighted by atomic mass is 35.5. The van der Waals surface area contributed by atoms with Crippen molar-refractivity contribution in [3.8, 4) is 68.8 Å². The fourth-order valence-corrected chi connectivity index (χ4v) is 13.3. The van der Waals surface area contributed by atoms with Crippen molar-refractivity contribution >= 4 is 108 Å². The summed E-state index contributed by atoms with van der Waals surface area (Å²) < 4.78 is 55.3. The van der Waals surface area contributed by atoms with E-state index in [4.69, 9.17) is 41.0 Å². The SMILES string of the molecule is C#Cc1ccnc2[nH]cc(-c3ccnc(N)n3)c12.CCc1ccnc2[nH]cc(-c3ccnc(N)n3)c12.C[Si](C)(C)C#Cc1ccnc2c1c(-c1ccnc(N)n1)cn2S(=O)(=O)c1ccccc1.Nc1nccc(-c2cn(S(=O)(=O)c3ccccc3)c3nccc(Cl)c23)n1. The van der Waals surface area contributed by atoms with E-state index in [2.05, 4.69) is 114 Å². The average Bonchev–Trinajstić information content (AvgIpc) is 1.62. The number of aromatic nitrogens is 16. The molecule has 0 fully saturated rings. The molecular weight excluding hydrogens is 1250 g/mol. The number of nitrogen functional groups attached to an aromatic ring is 4. The molecule has 0 aliphatic carbocycles. The number of terminal acetylenes is 1. The third kappa shape index (κ3) is 13.3. The summed E-state index contributed by atoms with van der Waals surface area (Å²) in [6.45, 7) is 8.57. The molecule has 10 N–H and O–H groups in total. The molecule has 0 unspecified atom stereocenters. The lowest BCUT2D eigenvalue weighted by atomic mass is 10.1. The number of nitrogens with two attached hydrogens (primary N) is 4. The van der Waals surface area contributed by atoms with Crippen molar-refractivity contribution in [1.29, 1.82) is 0 Å². The van der Waals surface area contributed by atoms with Crippen molar-refractivity contribution in [2.45, 2.75) is 42.8 Å². The molecule has 14 aromatic rings. The van der Waals surface area contributed by atoms with Crippen LogP contribution in [0.25, 0.3) is 89.2 Å². The predicted molar refractivity (Wildman–Crippen MR) is 364 cm³/mol. The number of hydrogen-bond donors (Lipinski definition) is 6. The summed E-state index contributed by atoms with van der Waals surface area (Å²) in [6.07, 6.45) is 26.0. The smallest absolute Gasteiger partial charge is 0.269 e. The number of nitrogens with zero attached hydrogens (tertiary/aromatic N) is 14. The first-order valence-corrected chi connectivity index (χ1v) is 35.0. The van der Waals surface area contributed by atoms with Crippen molar-refractivity contribution in [2.24, 2.45) is 0 Å². The van der Waals surface area contributed by atoms with Crippen molar-refractivity contribution in [3.05, 3.63) is 205 Å². The first kappa shape index (κ1) is 62.8. The van der Waals surface area contributed by atoms with E-state index in [1.54, 1.807) is 110 Å². The van der Waals surface area contributed by atoms with Crippen LogP contribution in [0, 0.1) is 23.8 Å². The predicted octanol–water partition coefficient (Wildman–Crippen LogP) is 10.3. The van der Waals surface area contributed by atoms with Crippen LogP contribution in [0.3, 0.4) is 0 Å². The number of aryl methyl sites for hydroxylation is 1. The number of benzene rings is 2. The summed E-state index contributed by atoms with van der Waals surface area (Å²) in [5.41, 5.74) is 36.3. The molecular formula is C65H55ClN20O4S2Si. The molecule has 0 saturated heterocycles. The number of anilines is 4. The number of pyridine rings is 4. The molecule has 0 bridgehead atoms. The number of nitrogens with one attached hydrogen (secondary N) is 2. The summed E-state index contributed by atoms with van der Waals surface area (Å²) in [6, 6.07) is 30.5. The van der Waals surface area contributed by atoms with E-state index in [9.17, 15) is 16.8 Å². The van der Waals surface area contributed by atoms with E-state index in [0.717, 1.165) is 60.5 Å². The summed E-state index contributed by atoms with van der Waals surface area (Å²) in [5.74, 6) is 6.58. The fourth-order valence-electron chi connectivity index (χ4n) is 9.83. The number of aromatic amines is 2. The molecule has 12 aromatic heterocycles. The first-order chi connectivity index (χ1) is 44.7. The van der Waals surface area contributed by atoms with E-state index in [0.29, 0.717) is 49.5 Å². The van der Waals surface area contributed by atoms with Gasteiger partial charge in [0.25, 0.3) is 20.0 Å². The monoisotopic (exact) mass is 1310 g/mol. The second-order valence-electron chi connectivity index (χ2n) is 21.2. The van der Waals surface area contributed by atoms with Gasteiger partial charge < -0.3 is 32.9 Å².